The number of carboxylic acid groups (broad SMARTS) is 2. The van der Waals surface area contributed by atoms with Gasteiger partial charge in [0, 0.05) is 19.1 Å². The summed E-state index contributed by atoms with van der Waals surface area (Å²) >= 11 is 0. The number of carboxylic acids is 1. The van der Waals surface area contributed by atoms with E-state index in [-0.39, 0.29) is 35.9 Å². The monoisotopic (exact) mass is 789 g/mol. The van der Waals surface area contributed by atoms with Crippen LogP contribution >= 0.6 is 0 Å². The summed E-state index contributed by atoms with van der Waals surface area (Å²) in [7, 11) is 0. The maximum absolute atomic E-state index is 13.4. The SMILES string of the molecule is CC(C)C1(C(=O)NCc2cc(C(F)(F)F)cc(C(F)(F)F)c2)CC(N2CCC(c3ccc(F)cc3)CC2)CN1.FC(F)F.O=C(O)C(F)(F)F.O=CO. The Bertz CT molecular complexity index is 1430. The van der Waals surface area contributed by atoms with Crippen LogP contribution in [0.1, 0.15) is 61.3 Å². The Labute approximate surface area is 294 Å². The van der Waals surface area contributed by atoms with Crippen molar-refractivity contribution in [3.05, 3.63) is 70.5 Å². The molecule has 21 heteroatoms. The van der Waals surface area contributed by atoms with E-state index in [4.69, 9.17) is 19.8 Å². The molecule has 0 saturated carbocycles. The predicted octanol–water partition coefficient (Wildman–Crippen LogP) is 7.63. The summed E-state index contributed by atoms with van der Waals surface area (Å²) in [6.45, 7) is 1.48. The minimum Gasteiger partial charge on any atom is -0.483 e. The molecule has 1 amide bonds. The smallest absolute Gasteiger partial charge is 0.483 e. The zero-order valence-corrected chi connectivity index (χ0v) is 27.9. The standard InChI is InChI=1S/C28H32F7N3O.C2HF3O2.CHF3.CH2O2/c1-17(2)26(25(39)36-15-18-11-21(27(30,31)32)13-22(12-18)28(33,34)35)14-24(16-37-26)38-9-7-20(8-10-38)19-3-5-23(29)6-4-19;3-2(4,5)1(6)7;2-1(3)4;2-1-3/h3-6,11-13,17,20,24,37H,7-10,14-16H2,1-2H3,(H,36,39);(H,6,7);1H;1H,(H,2,3). The van der Waals surface area contributed by atoms with Crippen molar-refractivity contribution in [3.8, 4) is 0 Å². The average Bonchev–Trinajstić information content (AvgIpc) is 3.50. The van der Waals surface area contributed by atoms with Gasteiger partial charge >= 0.3 is 31.2 Å². The van der Waals surface area contributed by atoms with Gasteiger partial charge in [-0.25, -0.2) is 9.18 Å². The molecule has 0 aliphatic carbocycles. The molecule has 2 aliphatic heterocycles. The van der Waals surface area contributed by atoms with Crippen LogP contribution < -0.4 is 10.6 Å². The third-order valence-electron chi connectivity index (χ3n) is 8.33. The first kappa shape index (κ1) is 46.9. The van der Waals surface area contributed by atoms with Gasteiger partial charge in [-0.05, 0) is 85.6 Å². The molecule has 2 saturated heterocycles. The summed E-state index contributed by atoms with van der Waals surface area (Å²) in [4.78, 5) is 32.9. The van der Waals surface area contributed by atoms with E-state index in [1.807, 2.05) is 26.0 Å². The van der Waals surface area contributed by atoms with E-state index in [0.29, 0.717) is 31.0 Å². The number of nitrogens with zero attached hydrogens (tertiary/aromatic N) is 1. The third-order valence-corrected chi connectivity index (χ3v) is 8.33. The van der Waals surface area contributed by atoms with Crippen LogP contribution in [0.25, 0.3) is 0 Å². The molecule has 0 bridgehead atoms. The van der Waals surface area contributed by atoms with Gasteiger partial charge in [0.1, 0.15) is 11.4 Å². The highest BCUT2D eigenvalue weighted by Crippen LogP contribution is 2.37. The van der Waals surface area contributed by atoms with Gasteiger partial charge in [-0.15, -0.1) is 0 Å². The lowest BCUT2D eigenvalue weighted by Crippen LogP contribution is -2.57. The molecule has 2 atom stereocenters. The van der Waals surface area contributed by atoms with Crippen molar-refractivity contribution in [2.45, 2.75) is 82.4 Å². The number of halogens is 13. The van der Waals surface area contributed by atoms with Crippen LogP contribution in [0.5, 0.6) is 0 Å². The summed E-state index contributed by atoms with van der Waals surface area (Å²) in [5.74, 6) is -3.33. The third kappa shape index (κ3) is 15.0. The fourth-order valence-electron chi connectivity index (χ4n) is 5.74. The molecule has 2 aliphatic rings. The molecule has 8 nitrogen and oxygen atoms in total. The van der Waals surface area contributed by atoms with Gasteiger partial charge in [-0.2, -0.15) is 52.7 Å². The van der Waals surface area contributed by atoms with Crippen molar-refractivity contribution in [2.75, 3.05) is 19.6 Å². The van der Waals surface area contributed by atoms with E-state index >= 15 is 0 Å². The highest BCUT2D eigenvalue weighted by molar-refractivity contribution is 5.87. The Balaban J connectivity index is 0.000000856. The Morgan fingerprint density at radius 3 is 1.74 bits per heavy atom. The zero-order chi connectivity index (χ0) is 40.9. The number of carbonyl (C=O) groups excluding carboxylic acids is 1. The van der Waals surface area contributed by atoms with Crippen LogP contribution in [0.4, 0.5) is 57.1 Å². The van der Waals surface area contributed by atoms with E-state index in [2.05, 4.69) is 15.5 Å². The first-order chi connectivity index (χ1) is 24.3. The summed E-state index contributed by atoms with van der Waals surface area (Å²) in [6.07, 6.45) is -12.7. The summed E-state index contributed by atoms with van der Waals surface area (Å²) in [5.41, 5.74) is -3.01. The van der Waals surface area contributed by atoms with E-state index < -0.39 is 60.3 Å². The zero-order valence-electron chi connectivity index (χ0n) is 27.9. The van der Waals surface area contributed by atoms with Crippen molar-refractivity contribution < 1.29 is 81.7 Å². The summed E-state index contributed by atoms with van der Waals surface area (Å²) in [5, 5.41) is 19.9. The average molecular weight is 790 g/mol. The first-order valence-electron chi connectivity index (χ1n) is 15.4. The van der Waals surface area contributed by atoms with Crippen LogP contribution in [-0.2, 0) is 33.3 Å². The summed E-state index contributed by atoms with van der Waals surface area (Å²) < 4.78 is 153. The molecule has 2 unspecified atom stereocenters. The largest absolute Gasteiger partial charge is 0.490 e. The maximum Gasteiger partial charge on any atom is 0.490 e. The number of nitrogens with one attached hydrogen (secondary N) is 2. The Morgan fingerprint density at radius 2 is 1.36 bits per heavy atom. The molecule has 4 N–H and O–H groups in total. The molecule has 2 fully saturated rings. The number of amides is 1. The fourth-order valence-corrected chi connectivity index (χ4v) is 5.74. The number of piperidine rings is 1. The van der Waals surface area contributed by atoms with Crippen molar-refractivity contribution in [1.82, 2.24) is 15.5 Å². The molecular weight excluding hydrogens is 753 g/mol. The number of benzene rings is 2. The number of carbonyl (C=O) groups is 3. The molecule has 0 radical (unpaired) electrons. The van der Waals surface area contributed by atoms with Crippen LogP contribution in [0.3, 0.4) is 0 Å². The second-order valence-corrected chi connectivity index (χ2v) is 12.0. The predicted molar refractivity (Wildman–Crippen MR) is 162 cm³/mol. The highest BCUT2D eigenvalue weighted by Gasteiger charge is 2.49. The molecule has 300 valence electrons. The lowest BCUT2D eigenvalue weighted by atomic mass is 9.82. The second-order valence-electron chi connectivity index (χ2n) is 12.0. The number of alkyl halides is 12. The number of hydrogen-bond donors (Lipinski definition) is 4. The fraction of sp³-hybridized carbons (Fsp3) is 0.531. The quantitative estimate of drug-likeness (QED) is 0.176. The van der Waals surface area contributed by atoms with E-state index in [1.165, 1.54) is 12.1 Å². The molecule has 2 aromatic carbocycles. The van der Waals surface area contributed by atoms with Crippen LogP contribution in [0, 0.1) is 11.7 Å². The van der Waals surface area contributed by atoms with Gasteiger partial charge in [0.15, 0.2) is 0 Å². The molecule has 0 spiro atoms. The van der Waals surface area contributed by atoms with Gasteiger partial charge in [0.25, 0.3) is 6.47 Å². The van der Waals surface area contributed by atoms with Crippen LogP contribution in [0.2, 0.25) is 0 Å². The van der Waals surface area contributed by atoms with Crippen LogP contribution in [0.15, 0.2) is 42.5 Å². The van der Waals surface area contributed by atoms with E-state index in [1.54, 1.807) is 0 Å². The molecule has 53 heavy (non-hydrogen) atoms. The lowest BCUT2D eigenvalue weighted by Gasteiger charge is -2.37. The molecular formula is C32H36F13N3O5. The Kier molecular flexibility index (Phi) is 17.5. The first-order valence-corrected chi connectivity index (χ1v) is 15.4. The number of aliphatic carboxylic acids is 1. The van der Waals surface area contributed by atoms with Crippen molar-refractivity contribution >= 4 is 18.3 Å². The van der Waals surface area contributed by atoms with Gasteiger partial charge in [0.2, 0.25) is 5.91 Å². The Morgan fingerprint density at radius 1 is 0.925 bits per heavy atom. The van der Waals surface area contributed by atoms with Gasteiger partial charge in [-0.3, -0.25) is 14.5 Å². The van der Waals surface area contributed by atoms with E-state index in [0.717, 1.165) is 31.5 Å². The molecule has 4 rings (SSSR count). The van der Waals surface area contributed by atoms with Crippen molar-refractivity contribution in [3.63, 3.8) is 0 Å². The summed E-state index contributed by atoms with van der Waals surface area (Å²) in [6, 6.07) is 7.93. The number of likely N-dealkylation sites (tertiary alicyclic amines) is 1. The minimum atomic E-state index is -5.08. The second kappa shape index (κ2) is 19.8. The highest BCUT2D eigenvalue weighted by atomic mass is 19.4. The maximum atomic E-state index is 13.4. The van der Waals surface area contributed by atoms with Crippen LogP contribution in [-0.4, -0.2) is 77.5 Å². The van der Waals surface area contributed by atoms with E-state index in [9.17, 15) is 61.9 Å². The van der Waals surface area contributed by atoms with Gasteiger partial charge < -0.3 is 20.8 Å². The minimum absolute atomic E-state index is 0.0534. The number of hydrogen-bond acceptors (Lipinski definition) is 5. The van der Waals surface area contributed by atoms with Crippen molar-refractivity contribution in [1.29, 1.82) is 0 Å². The normalized spacial score (nSPS) is 19.6. The number of rotatable bonds is 6. The van der Waals surface area contributed by atoms with Crippen molar-refractivity contribution in [2.24, 2.45) is 5.92 Å². The topological polar surface area (TPSA) is 119 Å². The molecule has 2 aromatic rings. The molecule has 2 heterocycles. The van der Waals surface area contributed by atoms with Gasteiger partial charge in [-0.1, -0.05) is 26.0 Å². The Hall–Kier alpha value is -4.14. The van der Waals surface area contributed by atoms with Gasteiger partial charge in [0.05, 0.1) is 11.1 Å². The molecule has 0 aromatic heterocycles. The lowest BCUT2D eigenvalue weighted by molar-refractivity contribution is -0.192.